The van der Waals surface area contributed by atoms with E-state index in [0.717, 1.165) is 0 Å². The molecule has 0 aliphatic rings. The number of carbonyl (C=O) groups excluding carboxylic acids is 2. The van der Waals surface area contributed by atoms with Gasteiger partial charge in [0.25, 0.3) is 11.8 Å². The molecule has 47 heavy (non-hydrogen) atoms. The quantitative estimate of drug-likeness (QED) is 0.139. The Morgan fingerprint density at radius 3 is 2.11 bits per heavy atom. The summed E-state index contributed by atoms with van der Waals surface area (Å²) in [6.45, 7) is 4.03. The van der Waals surface area contributed by atoms with Gasteiger partial charge in [0, 0.05) is 36.4 Å². The molecule has 2 aromatic heterocycles. The predicted octanol–water partition coefficient (Wildman–Crippen LogP) is 6.29. The number of fused-ring (bicyclic) bond motifs is 1. The summed E-state index contributed by atoms with van der Waals surface area (Å²) >= 11 is 0. The number of benzene rings is 3. The molecule has 2 amide bonds. The van der Waals surface area contributed by atoms with Crippen LogP contribution in [-0.4, -0.2) is 59.8 Å². The van der Waals surface area contributed by atoms with Crippen LogP contribution >= 0.6 is 0 Å². The number of rotatable bonds is 11. The number of aromatic nitrogens is 2. The second kappa shape index (κ2) is 14.1. The van der Waals surface area contributed by atoms with Crippen LogP contribution in [0.3, 0.4) is 0 Å². The van der Waals surface area contributed by atoms with Crippen molar-refractivity contribution in [2.24, 2.45) is 10.2 Å². The normalized spacial score (nSPS) is 11.6. The average Bonchev–Trinajstić information content (AvgIpc) is 3.08. The van der Waals surface area contributed by atoms with Gasteiger partial charge < -0.3 is 20.5 Å². The number of phenolic OH excluding ortho intramolecular Hbond substituents is 1. The van der Waals surface area contributed by atoms with Gasteiger partial charge in [-0.25, -0.2) is 18.4 Å². The van der Waals surface area contributed by atoms with Crippen molar-refractivity contribution in [2.45, 2.75) is 18.7 Å². The van der Waals surface area contributed by atoms with E-state index in [2.05, 4.69) is 30.8 Å². The molecule has 0 saturated carbocycles. The molecule has 5 rings (SSSR count). The SMILES string of the molecule is CCN(CC)S(=O)(=O)c1ccc(OC)c(N=Nc2c(O)c(C(=O)Nc3ccccn3)cc3cc(C(=O)Nc4ccccn4)ccc23)c1. The Kier molecular flexibility index (Phi) is 9.83. The number of pyridine rings is 2. The van der Waals surface area contributed by atoms with Gasteiger partial charge in [-0.1, -0.05) is 32.0 Å². The van der Waals surface area contributed by atoms with Crippen molar-refractivity contribution in [1.82, 2.24) is 14.3 Å². The molecular formula is C33H31N7O6S. The number of aromatic hydroxyl groups is 1. The monoisotopic (exact) mass is 653 g/mol. The number of hydrogen-bond acceptors (Lipinski definition) is 10. The highest BCUT2D eigenvalue weighted by molar-refractivity contribution is 7.89. The Bertz CT molecular complexity index is 2070. The van der Waals surface area contributed by atoms with Gasteiger partial charge in [0.1, 0.15) is 28.8 Å². The molecule has 0 aliphatic heterocycles. The minimum absolute atomic E-state index is 0.0166. The maximum Gasteiger partial charge on any atom is 0.260 e. The van der Waals surface area contributed by atoms with Crippen LogP contribution in [0, 0.1) is 0 Å². The zero-order valence-corrected chi connectivity index (χ0v) is 26.5. The van der Waals surface area contributed by atoms with Crippen molar-refractivity contribution in [3.05, 3.63) is 102 Å². The summed E-state index contributed by atoms with van der Waals surface area (Å²) in [6.07, 6.45) is 3.05. The van der Waals surface area contributed by atoms with Gasteiger partial charge in [-0.2, -0.15) is 4.31 Å². The fourth-order valence-electron chi connectivity index (χ4n) is 4.76. The first-order valence-electron chi connectivity index (χ1n) is 14.5. The third kappa shape index (κ3) is 7.08. The number of anilines is 2. The van der Waals surface area contributed by atoms with Crippen LogP contribution < -0.4 is 15.4 Å². The number of nitrogens with one attached hydrogen (secondary N) is 2. The lowest BCUT2D eigenvalue weighted by molar-refractivity contribution is 0.101. The minimum atomic E-state index is -3.83. The fraction of sp³-hybridized carbons (Fsp3) is 0.152. The summed E-state index contributed by atoms with van der Waals surface area (Å²) in [5, 5.41) is 26.0. The Morgan fingerprint density at radius 1 is 0.851 bits per heavy atom. The van der Waals surface area contributed by atoms with E-state index >= 15 is 0 Å². The van der Waals surface area contributed by atoms with E-state index in [1.807, 2.05) is 0 Å². The van der Waals surface area contributed by atoms with Crippen molar-refractivity contribution in [3.63, 3.8) is 0 Å². The lowest BCUT2D eigenvalue weighted by Gasteiger charge is -2.18. The van der Waals surface area contributed by atoms with Gasteiger partial charge in [0.2, 0.25) is 10.0 Å². The largest absolute Gasteiger partial charge is 0.505 e. The first kappa shape index (κ1) is 32.7. The van der Waals surface area contributed by atoms with Crippen molar-refractivity contribution >= 4 is 55.6 Å². The number of methoxy groups -OCH3 is 1. The van der Waals surface area contributed by atoms with E-state index in [1.165, 1.54) is 47.9 Å². The van der Waals surface area contributed by atoms with Crippen LogP contribution in [0.4, 0.5) is 23.0 Å². The number of sulfonamides is 1. The van der Waals surface area contributed by atoms with Crippen LogP contribution in [0.5, 0.6) is 11.5 Å². The molecule has 0 spiro atoms. The molecule has 2 heterocycles. The fourth-order valence-corrected chi connectivity index (χ4v) is 6.24. The molecule has 0 unspecified atom stereocenters. The van der Waals surface area contributed by atoms with Crippen LogP contribution in [0.2, 0.25) is 0 Å². The lowest BCUT2D eigenvalue weighted by Crippen LogP contribution is -2.30. The average molecular weight is 654 g/mol. The number of hydrogen-bond donors (Lipinski definition) is 3. The van der Waals surface area contributed by atoms with E-state index in [1.54, 1.807) is 68.6 Å². The summed E-state index contributed by atoms with van der Waals surface area (Å²) in [7, 11) is -2.43. The maximum absolute atomic E-state index is 13.4. The summed E-state index contributed by atoms with van der Waals surface area (Å²) in [5.74, 6) is -0.794. The second-order valence-electron chi connectivity index (χ2n) is 10.0. The molecule has 0 aliphatic carbocycles. The van der Waals surface area contributed by atoms with Crippen molar-refractivity contribution in [1.29, 1.82) is 0 Å². The number of phenols is 1. The molecule has 0 atom stereocenters. The zero-order valence-electron chi connectivity index (χ0n) is 25.7. The number of carbonyl (C=O) groups is 2. The van der Waals surface area contributed by atoms with E-state index in [0.29, 0.717) is 16.6 Å². The Hall–Kier alpha value is -5.73. The van der Waals surface area contributed by atoms with Gasteiger partial charge in [0.15, 0.2) is 5.75 Å². The van der Waals surface area contributed by atoms with Crippen molar-refractivity contribution < 1.29 is 27.9 Å². The standard InChI is InChI=1S/C33H31N7O6S/c1-4-40(5-2)47(44,45)23-13-15-27(46-3)26(20-23)38-39-30-24-14-12-21(32(42)36-28-10-6-8-16-34-28)18-22(24)19-25(31(30)41)33(43)37-29-11-7-9-17-35-29/h6-20,41H,4-5H2,1-3H3,(H,34,36,42)(H,35,37,43). The third-order valence-corrected chi connectivity index (χ3v) is 9.20. The Balaban J connectivity index is 1.62. The highest BCUT2D eigenvalue weighted by atomic mass is 32.2. The molecule has 14 heteroatoms. The van der Waals surface area contributed by atoms with Gasteiger partial charge >= 0.3 is 0 Å². The minimum Gasteiger partial charge on any atom is -0.505 e. The molecule has 3 N–H and O–H groups in total. The Labute approximate surface area is 271 Å². The molecule has 240 valence electrons. The van der Waals surface area contributed by atoms with Crippen LogP contribution in [0.25, 0.3) is 10.8 Å². The van der Waals surface area contributed by atoms with E-state index in [4.69, 9.17) is 4.74 Å². The van der Waals surface area contributed by atoms with Gasteiger partial charge in [-0.3, -0.25) is 9.59 Å². The van der Waals surface area contributed by atoms with Crippen molar-refractivity contribution in [2.75, 3.05) is 30.8 Å². The highest BCUT2D eigenvalue weighted by Crippen LogP contribution is 2.41. The van der Waals surface area contributed by atoms with Gasteiger partial charge in [-0.15, -0.1) is 10.2 Å². The summed E-state index contributed by atoms with van der Waals surface area (Å²) < 4.78 is 33.1. The van der Waals surface area contributed by atoms with Crippen LogP contribution in [0.15, 0.2) is 106 Å². The van der Waals surface area contributed by atoms with Crippen molar-refractivity contribution in [3.8, 4) is 11.5 Å². The Morgan fingerprint density at radius 2 is 1.51 bits per heavy atom. The van der Waals surface area contributed by atoms with Gasteiger partial charge in [0.05, 0.1) is 17.6 Å². The number of nitrogens with zero attached hydrogens (tertiary/aromatic N) is 5. The molecule has 0 radical (unpaired) electrons. The first-order chi connectivity index (χ1) is 22.7. The number of amides is 2. The molecule has 13 nitrogen and oxygen atoms in total. The van der Waals surface area contributed by atoms with E-state index in [-0.39, 0.29) is 52.1 Å². The topological polar surface area (TPSA) is 176 Å². The molecule has 5 aromatic rings. The predicted molar refractivity (Wildman–Crippen MR) is 177 cm³/mol. The summed E-state index contributed by atoms with van der Waals surface area (Å²) in [5.41, 5.74) is 0.0698. The molecule has 0 saturated heterocycles. The maximum atomic E-state index is 13.4. The highest BCUT2D eigenvalue weighted by Gasteiger charge is 2.24. The second-order valence-corrected chi connectivity index (χ2v) is 12.0. The zero-order chi connectivity index (χ0) is 33.6. The first-order valence-corrected chi connectivity index (χ1v) is 15.9. The van der Waals surface area contributed by atoms with Crippen LogP contribution in [-0.2, 0) is 10.0 Å². The molecular weight excluding hydrogens is 622 g/mol. The smallest absolute Gasteiger partial charge is 0.260 e. The molecule has 0 fully saturated rings. The van der Waals surface area contributed by atoms with Gasteiger partial charge in [-0.05, 0) is 66.0 Å². The van der Waals surface area contributed by atoms with E-state index < -0.39 is 27.6 Å². The molecule has 0 bridgehead atoms. The summed E-state index contributed by atoms with van der Waals surface area (Å²) in [4.78, 5) is 34.6. The number of ether oxygens (including phenoxy) is 1. The summed E-state index contributed by atoms with van der Waals surface area (Å²) in [6, 6.07) is 20.3. The molecule has 3 aromatic carbocycles. The lowest BCUT2D eigenvalue weighted by atomic mass is 10.0. The third-order valence-electron chi connectivity index (χ3n) is 7.16. The van der Waals surface area contributed by atoms with E-state index in [9.17, 15) is 23.1 Å². The number of azo groups is 1. The van der Waals surface area contributed by atoms with Crippen LogP contribution in [0.1, 0.15) is 34.6 Å².